The van der Waals surface area contributed by atoms with Gasteiger partial charge in [0.2, 0.25) is 0 Å². The maximum Gasteiger partial charge on any atom is 0.151 e. The Labute approximate surface area is 107 Å². The smallest absolute Gasteiger partial charge is 0.151 e. The number of ether oxygens (including phenoxy) is 1. The zero-order valence-electron chi connectivity index (χ0n) is 10.6. The SMILES string of the molecule is CN(CC(=O)Cc1ccccc1F)C1CCOC1. The second-order valence-electron chi connectivity index (χ2n) is 4.74. The fourth-order valence-corrected chi connectivity index (χ4v) is 2.19. The predicted molar refractivity (Wildman–Crippen MR) is 67.0 cm³/mol. The van der Waals surface area contributed by atoms with E-state index in [1.54, 1.807) is 18.2 Å². The molecule has 2 rings (SSSR count). The maximum absolute atomic E-state index is 13.4. The summed E-state index contributed by atoms with van der Waals surface area (Å²) in [6, 6.07) is 6.74. The van der Waals surface area contributed by atoms with Crippen LogP contribution in [0.15, 0.2) is 24.3 Å². The molecule has 0 aromatic heterocycles. The van der Waals surface area contributed by atoms with Crippen molar-refractivity contribution in [3.05, 3.63) is 35.6 Å². The van der Waals surface area contributed by atoms with Crippen LogP contribution in [0, 0.1) is 5.82 Å². The summed E-state index contributed by atoms with van der Waals surface area (Å²) in [5, 5.41) is 0. The van der Waals surface area contributed by atoms with Gasteiger partial charge in [0.25, 0.3) is 0 Å². The van der Waals surface area contributed by atoms with Gasteiger partial charge < -0.3 is 4.74 Å². The number of carbonyl (C=O) groups excluding carboxylic acids is 1. The molecule has 0 spiro atoms. The van der Waals surface area contributed by atoms with Gasteiger partial charge in [0, 0.05) is 19.1 Å². The first-order chi connectivity index (χ1) is 8.66. The van der Waals surface area contributed by atoms with Crippen LogP contribution in [-0.4, -0.2) is 43.5 Å². The van der Waals surface area contributed by atoms with E-state index < -0.39 is 0 Å². The zero-order valence-corrected chi connectivity index (χ0v) is 10.6. The van der Waals surface area contributed by atoms with Crippen molar-refractivity contribution in [3.8, 4) is 0 Å². The van der Waals surface area contributed by atoms with Gasteiger partial charge in [0.15, 0.2) is 5.78 Å². The summed E-state index contributed by atoms with van der Waals surface area (Å²) in [4.78, 5) is 13.9. The monoisotopic (exact) mass is 251 g/mol. The molecule has 1 unspecified atom stereocenters. The van der Waals surface area contributed by atoms with Gasteiger partial charge in [-0.3, -0.25) is 9.69 Å². The highest BCUT2D eigenvalue weighted by atomic mass is 19.1. The second kappa shape index (κ2) is 6.07. The highest BCUT2D eigenvalue weighted by molar-refractivity contribution is 5.82. The van der Waals surface area contributed by atoms with Gasteiger partial charge in [0.1, 0.15) is 5.82 Å². The Morgan fingerprint density at radius 3 is 2.94 bits per heavy atom. The van der Waals surface area contributed by atoms with Crippen molar-refractivity contribution in [2.45, 2.75) is 18.9 Å². The van der Waals surface area contributed by atoms with Gasteiger partial charge in [-0.15, -0.1) is 0 Å². The number of carbonyl (C=O) groups is 1. The maximum atomic E-state index is 13.4. The Morgan fingerprint density at radius 2 is 2.28 bits per heavy atom. The van der Waals surface area contributed by atoms with Crippen molar-refractivity contribution in [2.24, 2.45) is 0 Å². The molecular weight excluding hydrogens is 233 g/mol. The van der Waals surface area contributed by atoms with Crippen LogP contribution in [0.4, 0.5) is 4.39 Å². The molecule has 0 N–H and O–H groups in total. The summed E-state index contributed by atoms with van der Waals surface area (Å²) in [5.41, 5.74) is 0.471. The number of halogens is 1. The van der Waals surface area contributed by atoms with E-state index in [0.717, 1.165) is 13.0 Å². The minimum absolute atomic E-state index is 0.0366. The van der Waals surface area contributed by atoms with Crippen molar-refractivity contribution >= 4 is 5.78 Å². The van der Waals surface area contributed by atoms with E-state index in [1.807, 2.05) is 11.9 Å². The van der Waals surface area contributed by atoms with Gasteiger partial charge in [-0.25, -0.2) is 4.39 Å². The quantitative estimate of drug-likeness (QED) is 0.797. The Hall–Kier alpha value is -1.26. The van der Waals surface area contributed by atoms with Gasteiger partial charge >= 0.3 is 0 Å². The molecule has 18 heavy (non-hydrogen) atoms. The van der Waals surface area contributed by atoms with E-state index in [-0.39, 0.29) is 18.0 Å². The molecule has 1 atom stereocenters. The van der Waals surface area contributed by atoms with Crippen LogP contribution in [0.5, 0.6) is 0 Å². The molecule has 1 aromatic carbocycles. The fraction of sp³-hybridized carbons (Fsp3) is 0.500. The summed E-state index contributed by atoms with van der Waals surface area (Å²) < 4.78 is 18.7. The average molecular weight is 251 g/mol. The molecule has 0 amide bonds. The number of Topliss-reactive ketones (excluding diaryl/α,β-unsaturated/α-hetero) is 1. The third-order valence-electron chi connectivity index (χ3n) is 3.30. The molecule has 1 aliphatic rings. The number of hydrogen-bond donors (Lipinski definition) is 0. The largest absolute Gasteiger partial charge is 0.380 e. The van der Waals surface area contributed by atoms with E-state index in [1.165, 1.54) is 6.07 Å². The lowest BCUT2D eigenvalue weighted by atomic mass is 10.1. The number of rotatable bonds is 5. The topological polar surface area (TPSA) is 29.5 Å². The molecule has 1 saturated heterocycles. The molecule has 1 fully saturated rings. The van der Waals surface area contributed by atoms with E-state index in [9.17, 15) is 9.18 Å². The van der Waals surface area contributed by atoms with E-state index in [0.29, 0.717) is 24.8 Å². The first-order valence-corrected chi connectivity index (χ1v) is 6.20. The molecule has 1 aromatic rings. The average Bonchev–Trinajstić information content (AvgIpc) is 2.85. The Kier molecular flexibility index (Phi) is 4.44. The molecular formula is C14H18FNO2. The molecule has 4 heteroatoms. The Bertz CT molecular complexity index is 416. The highest BCUT2D eigenvalue weighted by Crippen LogP contribution is 2.12. The zero-order chi connectivity index (χ0) is 13.0. The molecule has 0 radical (unpaired) electrons. The molecule has 1 heterocycles. The van der Waals surface area contributed by atoms with Gasteiger partial charge in [-0.1, -0.05) is 18.2 Å². The lowest BCUT2D eigenvalue weighted by molar-refractivity contribution is -0.119. The molecule has 98 valence electrons. The van der Waals surface area contributed by atoms with Crippen LogP contribution in [-0.2, 0) is 16.0 Å². The number of likely N-dealkylation sites (N-methyl/N-ethyl adjacent to an activating group) is 1. The lowest BCUT2D eigenvalue weighted by Gasteiger charge is -2.21. The summed E-state index contributed by atoms with van der Waals surface area (Å²) in [7, 11) is 1.92. The van der Waals surface area contributed by atoms with Crippen LogP contribution < -0.4 is 0 Å². The number of hydrogen-bond acceptors (Lipinski definition) is 3. The van der Waals surface area contributed by atoms with E-state index in [2.05, 4.69) is 0 Å². The van der Waals surface area contributed by atoms with E-state index >= 15 is 0 Å². The van der Waals surface area contributed by atoms with Crippen LogP contribution in [0.1, 0.15) is 12.0 Å². The van der Waals surface area contributed by atoms with Crippen molar-refractivity contribution in [1.29, 1.82) is 0 Å². The molecule has 0 saturated carbocycles. The third-order valence-corrected chi connectivity index (χ3v) is 3.30. The van der Waals surface area contributed by atoms with Gasteiger partial charge in [-0.2, -0.15) is 0 Å². The lowest BCUT2D eigenvalue weighted by Crippen LogP contribution is -2.36. The fourth-order valence-electron chi connectivity index (χ4n) is 2.19. The predicted octanol–water partition coefficient (Wildman–Crippen LogP) is 1.66. The first-order valence-electron chi connectivity index (χ1n) is 6.20. The number of benzene rings is 1. The minimum Gasteiger partial charge on any atom is -0.380 e. The highest BCUT2D eigenvalue weighted by Gasteiger charge is 2.22. The van der Waals surface area contributed by atoms with Crippen molar-refractivity contribution < 1.29 is 13.9 Å². The summed E-state index contributed by atoms with van der Waals surface area (Å²) in [5.74, 6) is -0.271. The summed E-state index contributed by atoms with van der Waals surface area (Å²) in [6.07, 6.45) is 1.12. The minimum atomic E-state index is -0.308. The second-order valence-corrected chi connectivity index (χ2v) is 4.74. The first kappa shape index (κ1) is 13.2. The standard InChI is InChI=1S/C14H18FNO2/c1-16(12-6-7-18-10-12)9-13(17)8-11-4-2-3-5-14(11)15/h2-5,12H,6-10H2,1H3. The van der Waals surface area contributed by atoms with Crippen LogP contribution >= 0.6 is 0 Å². The molecule has 0 bridgehead atoms. The van der Waals surface area contributed by atoms with Crippen molar-refractivity contribution in [3.63, 3.8) is 0 Å². The summed E-state index contributed by atoms with van der Waals surface area (Å²) >= 11 is 0. The van der Waals surface area contributed by atoms with Crippen molar-refractivity contribution in [1.82, 2.24) is 4.90 Å². The van der Waals surface area contributed by atoms with Gasteiger partial charge in [-0.05, 0) is 25.1 Å². The Morgan fingerprint density at radius 1 is 1.50 bits per heavy atom. The normalized spacial score (nSPS) is 19.4. The van der Waals surface area contributed by atoms with Crippen LogP contribution in [0.25, 0.3) is 0 Å². The summed E-state index contributed by atoms with van der Waals surface area (Å²) in [6.45, 7) is 1.79. The molecule has 1 aliphatic heterocycles. The van der Waals surface area contributed by atoms with E-state index in [4.69, 9.17) is 4.74 Å². The van der Waals surface area contributed by atoms with Gasteiger partial charge in [0.05, 0.1) is 13.2 Å². The number of ketones is 1. The van der Waals surface area contributed by atoms with Crippen molar-refractivity contribution in [2.75, 3.05) is 26.8 Å². The Balaban J connectivity index is 1.86. The van der Waals surface area contributed by atoms with Crippen LogP contribution in [0.3, 0.4) is 0 Å². The van der Waals surface area contributed by atoms with Crippen LogP contribution in [0.2, 0.25) is 0 Å². The molecule has 0 aliphatic carbocycles. The third kappa shape index (κ3) is 3.37. The number of nitrogens with zero attached hydrogens (tertiary/aromatic N) is 1. The molecule has 3 nitrogen and oxygen atoms in total.